The molecule has 8 heteroatoms. The molecular weight excluding hydrogens is 364 g/mol. The summed E-state index contributed by atoms with van der Waals surface area (Å²) in [6, 6.07) is 5.12. The van der Waals surface area contributed by atoms with Gasteiger partial charge in [0.05, 0.1) is 16.5 Å². The van der Waals surface area contributed by atoms with Gasteiger partial charge in [-0.1, -0.05) is 11.6 Å². The van der Waals surface area contributed by atoms with E-state index in [1.807, 2.05) is 0 Å². The van der Waals surface area contributed by atoms with Gasteiger partial charge in [0.25, 0.3) is 5.56 Å². The summed E-state index contributed by atoms with van der Waals surface area (Å²) >= 11 is 6.32. The zero-order valence-electron chi connectivity index (χ0n) is 13.4. The Morgan fingerprint density at radius 1 is 1.20 bits per heavy atom. The molecule has 4 rings (SSSR count). The van der Waals surface area contributed by atoms with Crippen LogP contribution in [0.15, 0.2) is 29.2 Å². The number of hydrogen-bond acceptors (Lipinski definition) is 5. The number of nitrogens with two attached hydrogens (primary N) is 1. The lowest BCUT2D eigenvalue weighted by Gasteiger charge is -2.44. The maximum absolute atomic E-state index is 12.1. The van der Waals surface area contributed by atoms with Gasteiger partial charge >= 0.3 is 0 Å². The first kappa shape index (κ1) is 16.9. The highest BCUT2D eigenvalue weighted by Crippen LogP contribution is 2.40. The standard InChI is InChI=1S/C17H19ClN2O4S/c18-14-6-13-9(1-2-20-17(13)21)5-15(14)24-16-10-3-12(19)4-11(16)8-25(22,23)7-10/h1-2,5-6,10-12,16H,3-4,7-8,19H2,(H,20,21)/t10-,11+,12?,16?. The van der Waals surface area contributed by atoms with Crippen molar-refractivity contribution in [3.63, 3.8) is 0 Å². The number of pyridine rings is 1. The van der Waals surface area contributed by atoms with E-state index >= 15 is 0 Å². The van der Waals surface area contributed by atoms with Crippen LogP contribution in [-0.4, -0.2) is 37.1 Å². The van der Waals surface area contributed by atoms with Crippen LogP contribution < -0.4 is 16.0 Å². The van der Waals surface area contributed by atoms with Crippen LogP contribution in [0.3, 0.4) is 0 Å². The summed E-state index contributed by atoms with van der Waals surface area (Å²) in [5.41, 5.74) is 5.86. The third kappa shape index (κ3) is 3.16. The van der Waals surface area contributed by atoms with Crippen LogP contribution in [0.1, 0.15) is 12.8 Å². The SMILES string of the molecule is NC1C[C@@H]2CS(=O)(=O)C[C@H](C1)C2Oc1cc2cc[nH]c(=O)c2cc1Cl. The predicted molar refractivity (Wildman–Crippen MR) is 96.8 cm³/mol. The van der Waals surface area contributed by atoms with Crippen molar-refractivity contribution in [3.8, 4) is 5.75 Å². The molecule has 4 atom stereocenters. The Hall–Kier alpha value is -1.57. The van der Waals surface area contributed by atoms with Crippen molar-refractivity contribution >= 4 is 32.2 Å². The molecule has 2 fully saturated rings. The molecule has 1 aliphatic carbocycles. The molecule has 2 unspecified atom stereocenters. The Labute approximate surface area is 150 Å². The number of rotatable bonds is 2. The highest BCUT2D eigenvalue weighted by atomic mass is 35.5. The fourth-order valence-electron chi connectivity index (χ4n) is 4.19. The molecule has 0 amide bonds. The van der Waals surface area contributed by atoms with E-state index in [-0.39, 0.29) is 41.0 Å². The molecule has 1 aliphatic heterocycles. The van der Waals surface area contributed by atoms with Crippen LogP contribution >= 0.6 is 11.6 Å². The summed E-state index contributed by atoms with van der Waals surface area (Å²) in [4.78, 5) is 14.5. The average Bonchev–Trinajstić information content (AvgIpc) is 2.50. The lowest BCUT2D eigenvalue weighted by molar-refractivity contribution is 0.0439. The van der Waals surface area contributed by atoms with E-state index < -0.39 is 9.84 Å². The van der Waals surface area contributed by atoms with Gasteiger partial charge in [-0.3, -0.25) is 4.79 Å². The summed E-state index contributed by atoms with van der Waals surface area (Å²) in [5, 5.41) is 1.57. The first-order valence-electron chi connectivity index (χ1n) is 8.26. The van der Waals surface area contributed by atoms with Gasteiger partial charge in [0.1, 0.15) is 11.9 Å². The molecule has 1 saturated carbocycles. The molecule has 1 aromatic heterocycles. The van der Waals surface area contributed by atoms with E-state index in [1.54, 1.807) is 24.4 Å². The number of ether oxygens (including phenoxy) is 1. The second kappa shape index (κ2) is 6.00. The number of sulfone groups is 1. The Bertz CT molecular complexity index is 966. The Morgan fingerprint density at radius 3 is 2.56 bits per heavy atom. The molecule has 0 spiro atoms. The van der Waals surface area contributed by atoms with Gasteiger partial charge in [-0.05, 0) is 36.4 Å². The quantitative estimate of drug-likeness (QED) is 0.823. The van der Waals surface area contributed by atoms with Crippen LogP contribution in [0, 0.1) is 11.8 Å². The zero-order chi connectivity index (χ0) is 17.8. The average molecular weight is 383 g/mol. The number of aromatic amines is 1. The minimum Gasteiger partial charge on any atom is -0.488 e. The zero-order valence-corrected chi connectivity index (χ0v) is 15.0. The summed E-state index contributed by atoms with van der Waals surface area (Å²) in [7, 11) is -3.06. The Balaban J connectivity index is 1.69. The van der Waals surface area contributed by atoms with Crippen LogP contribution in [0.2, 0.25) is 5.02 Å². The fourth-order valence-corrected chi connectivity index (χ4v) is 6.49. The number of aromatic nitrogens is 1. The van der Waals surface area contributed by atoms with Crippen molar-refractivity contribution < 1.29 is 13.2 Å². The largest absolute Gasteiger partial charge is 0.488 e. The number of fused-ring (bicyclic) bond motifs is 3. The Morgan fingerprint density at radius 2 is 1.88 bits per heavy atom. The summed E-state index contributed by atoms with van der Waals surface area (Å²) in [5.74, 6) is 0.436. The van der Waals surface area contributed by atoms with E-state index in [2.05, 4.69) is 4.98 Å². The number of hydrogen-bond donors (Lipinski definition) is 2. The molecule has 2 bridgehead atoms. The summed E-state index contributed by atoms with van der Waals surface area (Å²) in [6.45, 7) is 0. The van der Waals surface area contributed by atoms with Gasteiger partial charge in [-0.15, -0.1) is 0 Å². The molecular formula is C17H19ClN2O4S. The van der Waals surface area contributed by atoms with Gasteiger partial charge in [0.15, 0.2) is 9.84 Å². The van der Waals surface area contributed by atoms with E-state index in [1.165, 1.54) is 0 Å². The number of H-pyrrole nitrogens is 1. The van der Waals surface area contributed by atoms with Gasteiger partial charge in [-0.25, -0.2) is 8.42 Å². The first-order valence-corrected chi connectivity index (χ1v) is 10.5. The predicted octanol–water partition coefficient (Wildman–Crippen LogP) is 1.71. The van der Waals surface area contributed by atoms with Crippen LogP contribution in [0.25, 0.3) is 10.8 Å². The molecule has 2 aromatic rings. The molecule has 2 heterocycles. The van der Waals surface area contributed by atoms with E-state index in [4.69, 9.17) is 22.1 Å². The maximum atomic E-state index is 12.1. The third-order valence-electron chi connectivity index (χ3n) is 5.17. The monoisotopic (exact) mass is 382 g/mol. The minimum absolute atomic E-state index is 0.0102. The molecule has 3 N–H and O–H groups in total. The van der Waals surface area contributed by atoms with Crippen molar-refractivity contribution in [2.24, 2.45) is 17.6 Å². The number of benzene rings is 1. The molecule has 2 aliphatic rings. The third-order valence-corrected chi connectivity index (χ3v) is 7.33. The van der Waals surface area contributed by atoms with Gasteiger partial charge < -0.3 is 15.5 Å². The lowest BCUT2D eigenvalue weighted by Crippen LogP contribution is -2.54. The molecule has 25 heavy (non-hydrogen) atoms. The van der Waals surface area contributed by atoms with E-state index in [9.17, 15) is 13.2 Å². The number of halogens is 1. The van der Waals surface area contributed by atoms with Gasteiger partial charge in [-0.2, -0.15) is 0 Å². The molecule has 1 saturated heterocycles. The van der Waals surface area contributed by atoms with Crippen LogP contribution in [-0.2, 0) is 9.84 Å². The van der Waals surface area contributed by atoms with Crippen molar-refractivity contribution in [3.05, 3.63) is 39.8 Å². The van der Waals surface area contributed by atoms with Crippen LogP contribution in [0.4, 0.5) is 0 Å². The normalized spacial score (nSPS) is 31.0. The minimum atomic E-state index is -3.06. The molecule has 134 valence electrons. The lowest BCUT2D eigenvalue weighted by atomic mass is 9.77. The van der Waals surface area contributed by atoms with E-state index in [0.29, 0.717) is 29.0 Å². The van der Waals surface area contributed by atoms with Gasteiger partial charge in [0.2, 0.25) is 0 Å². The first-order chi connectivity index (χ1) is 11.8. The Kier molecular flexibility index (Phi) is 4.05. The molecule has 1 aromatic carbocycles. The van der Waals surface area contributed by atoms with Crippen molar-refractivity contribution in [2.75, 3.05) is 11.5 Å². The van der Waals surface area contributed by atoms with Gasteiger partial charge in [0, 0.05) is 29.5 Å². The maximum Gasteiger partial charge on any atom is 0.255 e. The highest BCUT2D eigenvalue weighted by Gasteiger charge is 2.46. The number of nitrogens with one attached hydrogen (secondary N) is 1. The summed E-state index contributed by atoms with van der Waals surface area (Å²) in [6.07, 6.45) is 2.61. The van der Waals surface area contributed by atoms with Crippen molar-refractivity contribution in [1.29, 1.82) is 0 Å². The smallest absolute Gasteiger partial charge is 0.255 e. The van der Waals surface area contributed by atoms with Crippen molar-refractivity contribution in [2.45, 2.75) is 25.0 Å². The summed E-state index contributed by atoms with van der Waals surface area (Å²) < 4.78 is 30.4. The van der Waals surface area contributed by atoms with Crippen LogP contribution in [0.5, 0.6) is 5.75 Å². The molecule has 6 nitrogen and oxygen atoms in total. The highest BCUT2D eigenvalue weighted by molar-refractivity contribution is 7.91. The topological polar surface area (TPSA) is 102 Å². The van der Waals surface area contributed by atoms with Crippen molar-refractivity contribution in [1.82, 2.24) is 4.98 Å². The second-order valence-electron chi connectivity index (χ2n) is 7.09. The second-order valence-corrected chi connectivity index (χ2v) is 9.65. The van der Waals surface area contributed by atoms with E-state index in [0.717, 1.165) is 5.39 Å². The molecule has 0 radical (unpaired) electrons. The fraction of sp³-hybridized carbons (Fsp3) is 0.471.